The lowest BCUT2D eigenvalue weighted by molar-refractivity contribution is -0.384. The Morgan fingerprint density at radius 3 is 2.32 bits per heavy atom. The maximum Gasteiger partial charge on any atom is 0.269 e. The Labute approximate surface area is 164 Å². The number of hydrogen-bond donors (Lipinski definition) is 0. The van der Waals surface area contributed by atoms with Crippen molar-refractivity contribution in [1.82, 2.24) is 9.80 Å². The molecule has 1 amide bonds. The monoisotopic (exact) mass is 379 g/mol. The maximum atomic E-state index is 13.3. The van der Waals surface area contributed by atoms with Gasteiger partial charge >= 0.3 is 0 Å². The van der Waals surface area contributed by atoms with Gasteiger partial charge in [0.2, 0.25) is 5.91 Å². The van der Waals surface area contributed by atoms with E-state index in [4.69, 9.17) is 0 Å². The molecule has 1 aliphatic carbocycles. The van der Waals surface area contributed by atoms with Gasteiger partial charge in [-0.1, -0.05) is 48.9 Å². The average Bonchev–Trinajstić information content (AvgIpc) is 2.69. The average molecular weight is 379 g/mol. The summed E-state index contributed by atoms with van der Waals surface area (Å²) in [6.07, 6.45) is 2.97. The SMILES string of the molecule is O=C(N1CCN(Cc2cccc([N+](=O)[O-])c2)CC1)C1(c2ccccc2)CCC1. The summed E-state index contributed by atoms with van der Waals surface area (Å²) in [6, 6.07) is 17.0. The zero-order valence-corrected chi connectivity index (χ0v) is 15.9. The fraction of sp³-hybridized carbons (Fsp3) is 0.409. The van der Waals surface area contributed by atoms with Gasteiger partial charge in [-0.25, -0.2) is 0 Å². The van der Waals surface area contributed by atoms with Crippen molar-refractivity contribution in [3.8, 4) is 0 Å². The summed E-state index contributed by atoms with van der Waals surface area (Å²) in [5.74, 6) is 0.264. The minimum absolute atomic E-state index is 0.126. The first kappa shape index (κ1) is 18.6. The predicted octanol–water partition coefficient (Wildman–Crippen LogP) is 3.36. The van der Waals surface area contributed by atoms with E-state index >= 15 is 0 Å². The fourth-order valence-corrected chi connectivity index (χ4v) is 4.35. The van der Waals surface area contributed by atoms with Crippen LogP contribution in [-0.4, -0.2) is 46.8 Å². The molecule has 2 aliphatic rings. The van der Waals surface area contributed by atoms with Crippen LogP contribution < -0.4 is 0 Å². The number of amides is 1. The number of non-ortho nitro benzene ring substituents is 1. The van der Waals surface area contributed by atoms with Crippen molar-refractivity contribution in [2.45, 2.75) is 31.2 Å². The van der Waals surface area contributed by atoms with Crippen LogP contribution >= 0.6 is 0 Å². The molecular formula is C22H25N3O3. The van der Waals surface area contributed by atoms with Gasteiger partial charge in [0.05, 0.1) is 10.3 Å². The minimum atomic E-state index is -0.359. The number of carbonyl (C=O) groups is 1. The third-order valence-corrected chi connectivity index (χ3v) is 6.13. The van der Waals surface area contributed by atoms with Gasteiger partial charge in [0.15, 0.2) is 0 Å². The van der Waals surface area contributed by atoms with E-state index in [0.717, 1.165) is 43.5 Å². The number of hydrogen-bond acceptors (Lipinski definition) is 4. The Kier molecular flexibility index (Phi) is 5.13. The van der Waals surface area contributed by atoms with E-state index in [9.17, 15) is 14.9 Å². The number of nitro groups is 1. The number of benzene rings is 2. The van der Waals surface area contributed by atoms with Crippen LogP contribution in [0.5, 0.6) is 0 Å². The van der Waals surface area contributed by atoms with Gasteiger partial charge in [-0.3, -0.25) is 19.8 Å². The van der Waals surface area contributed by atoms with Crippen molar-refractivity contribution < 1.29 is 9.72 Å². The molecule has 0 radical (unpaired) electrons. The molecule has 6 heteroatoms. The largest absolute Gasteiger partial charge is 0.339 e. The van der Waals surface area contributed by atoms with Crippen molar-refractivity contribution in [1.29, 1.82) is 0 Å². The molecule has 2 aromatic carbocycles. The smallest absolute Gasteiger partial charge is 0.269 e. The third kappa shape index (κ3) is 3.52. The van der Waals surface area contributed by atoms with E-state index in [1.807, 2.05) is 29.2 Å². The molecule has 0 unspecified atom stereocenters. The number of nitro benzene ring substituents is 1. The molecule has 2 fully saturated rings. The molecule has 0 aromatic heterocycles. The summed E-state index contributed by atoms with van der Waals surface area (Å²) in [5.41, 5.74) is 1.88. The van der Waals surface area contributed by atoms with Crippen molar-refractivity contribution in [2.24, 2.45) is 0 Å². The van der Waals surface area contributed by atoms with Crippen molar-refractivity contribution in [3.05, 3.63) is 75.8 Å². The zero-order chi connectivity index (χ0) is 19.6. The van der Waals surface area contributed by atoms with Crippen LogP contribution in [0.4, 0.5) is 5.69 Å². The number of piperazine rings is 1. The number of nitrogens with zero attached hydrogens (tertiary/aromatic N) is 3. The molecule has 2 aromatic rings. The molecule has 1 saturated carbocycles. The van der Waals surface area contributed by atoms with Gasteiger partial charge in [-0.2, -0.15) is 0 Å². The highest BCUT2D eigenvalue weighted by atomic mass is 16.6. The summed E-state index contributed by atoms with van der Waals surface area (Å²) in [4.78, 5) is 28.2. The van der Waals surface area contributed by atoms with Crippen LogP contribution in [0.2, 0.25) is 0 Å². The lowest BCUT2D eigenvalue weighted by atomic mass is 9.63. The molecule has 1 heterocycles. The maximum absolute atomic E-state index is 13.3. The lowest BCUT2D eigenvalue weighted by Crippen LogP contribution is -2.56. The Morgan fingerprint density at radius 1 is 1.00 bits per heavy atom. The normalized spacial score (nSPS) is 19.1. The number of carbonyl (C=O) groups excluding carboxylic acids is 1. The second kappa shape index (κ2) is 7.72. The predicted molar refractivity (Wildman–Crippen MR) is 107 cm³/mol. The Balaban J connectivity index is 1.38. The molecule has 0 N–H and O–H groups in total. The topological polar surface area (TPSA) is 66.7 Å². The van der Waals surface area contributed by atoms with E-state index in [1.165, 1.54) is 6.07 Å². The molecule has 1 aliphatic heterocycles. The minimum Gasteiger partial charge on any atom is -0.339 e. The first-order valence-corrected chi connectivity index (χ1v) is 9.89. The highest BCUT2D eigenvalue weighted by Crippen LogP contribution is 2.45. The zero-order valence-electron chi connectivity index (χ0n) is 15.9. The van der Waals surface area contributed by atoms with Crippen LogP contribution in [0.15, 0.2) is 54.6 Å². The Hall–Kier alpha value is -2.73. The van der Waals surface area contributed by atoms with Crippen LogP contribution in [0.3, 0.4) is 0 Å². The van der Waals surface area contributed by atoms with Gasteiger partial charge in [-0.05, 0) is 24.0 Å². The molecule has 0 spiro atoms. The Morgan fingerprint density at radius 2 is 1.71 bits per heavy atom. The molecule has 0 atom stereocenters. The number of rotatable bonds is 5. The van der Waals surface area contributed by atoms with Crippen molar-refractivity contribution >= 4 is 11.6 Å². The first-order valence-electron chi connectivity index (χ1n) is 9.89. The summed E-state index contributed by atoms with van der Waals surface area (Å²) in [7, 11) is 0. The van der Waals surface area contributed by atoms with Crippen LogP contribution in [0.1, 0.15) is 30.4 Å². The second-order valence-electron chi connectivity index (χ2n) is 7.80. The summed E-state index contributed by atoms with van der Waals surface area (Å²) in [5, 5.41) is 11.0. The highest BCUT2D eigenvalue weighted by molar-refractivity contribution is 5.89. The van der Waals surface area contributed by atoms with Gasteiger partial charge in [0, 0.05) is 44.9 Å². The summed E-state index contributed by atoms with van der Waals surface area (Å²) < 4.78 is 0. The van der Waals surface area contributed by atoms with Gasteiger partial charge in [0.1, 0.15) is 0 Å². The van der Waals surface area contributed by atoms with Crippen LogP contribution in [0, 0.1) is 10.1 Å². The van der Waals surface area contributed by atoms with E-state index in [0.29, 0.717) is 19.6 Å². The van der Waals surface area contributed by atoms with Crippen molar-refractivity contribution in [2.75, 3.05) is 26.2 Å². The van der Waals surface area contributed by atoms with Crippen LogP contribution in [0.25, 0.3) is 0 Å². The van der Waals surface area contributed by atoms with E-state index in [1.54, 1.807) is 12.1 Å². The molecule has 28 heavy (non-hydrogen) atoms. The van der Waals surface area contributed by atoms with E-state index < -0.39 is 0 Å². The van der Waals surface area contributed by atoms with E-state index in [-0.39, 0.29) is 21.9 Å². The quantitative estimate of drug-likeness (QED) is 0.590. The molecule has 1 saturated heterocycles. The lowest BCUT2D eigenvalue weighted by Gasteiger charge is -2.46. The first-order chi connectivity index (χ1) is 13.6. The van der Waals surface area contributed by atoms with Gasteiger partial charge in [-0.15, -0.1) is 0 Å². The second-order valence-corrected chi connectivity index (χ2v) is 7.80. The fourth-order valence-electron chi connectivity index (χ4n) is 4.35. The van der Waals surface area contributed by atoms with Crippen LogP contribution in [-0.2, 0) is 16.8 Å². The molecular weight excluding hydrogens is 354 g/mol. The van der Waals surface area contributed by atoms with E-state index in [2.05, 4.69) is 17.0 Å². The molecule has 0 bridgehead atoms. The highest BCUT2D eigenvalue weighted by Gasteiger charge is 2.47. The standard InChI is InChI=1S/C22H25N3O3/c26-21(22(10-5-11-22)19-7-2-1-3-8-19)24-14-12-23(13-15-24)17-18-6-4-9-20(16-18)25(27)28/h1-4,6-9,16H,5,10-15,17H2. The summed E-state index contributed by atoms with van der Waals surface area (Å²) in [6.45, 7) is 3.68. The Bertz CT molecular complexity index is 856. The molecule has 146 valence electrons. The van der Waals surface area contributed by atoms with Gasteiger partial charge in [0.25, 0.3) is 5.69 Å². The summed E-state index contributed by atoms with van der Waals surface area (Å²) >= 11 is 0. The van der Waals surface area contributed by atoms with Gasteiger partial charge < -0.3 is 4.90 Å². The van der Waals surface area contributed by atoms with Crippen molar-refractivity contribution in [3.63, 3.8) is 0 Å². The molecule has 6 nitrogen and oxygen atoms in total. The third-order valence-electron chi connectivity index (χ3n) is 6.13. The molecule has 4 rings (SSSR count).